The van der Waals surface area contributed by atoms with E-state index in [1.807, 2.05) is 17.8 Å². The van der Waals surface area contributed by atoms with Crippen LogP contribution >= 0.6 is 0 Å². The number of nitrogens with zero attached hydrogens (tertiary/aromatic N) is 4. The molecular weight excluding hydrogens is 176 g/mol. The van der Waals surface area contributed by atoms with Crippen LogP contribution in [0.1, 0.15) is 26.5 Å². The summed E-state index contributed by atoms with van der Waals surface area (Å²) in [6.07, 6.45) is 3.41. The molecule has 74 valence electrons. The van der Waals surface area contributed by atoms with Crippen molar-refractivity contribution in [1.29, 1.82) is 0 Å². The van der Waals surface area contributed by atoms with Crippen LogP contribution in [0.2, 0.25) is 0 Å². The maximum atomic E-state index is 4.34. The maximum Gasteiger partial charge on any atom is 0.161 e. The lowest BCUT2D eigenvalue weighted by molar-refractivity contribution is 0.366. The fraction of sp³-hybridized carbons (Fsp3) is 0.500. The van der Waals surface area contributed by atoms with Crippen molar-refractivity contribution in [3.05, 3.63) is 18.2 Å². The first-order valence-electron chi connectivity index (χ1n) is 4.66. The van der Waals surface area contributed by atoms with E-state index in [0.29, 0.717) is 0 Å². The Kier molecular flexibility index (Phi) is 1.80. The Bertz CT molecular complexity index is 464. The molecule has 0 N–H and O–H groups in total. The summed E-state index contributed by atoms with van der Waals surface area (Å²) in [5.41, 5.74) is 1.85. The molecule has 4 heteroatoms. The molecule has 2 rings (SSSR count). The molecule has 0 atom stereocenters. The van der Waals surface area contributed by atoms with Gasteiger partial charge in [-0.3, -0.25) is 0 Å². The van der Waals surface area contributed by atoms with Crippen LogP contribution in [0.15, 0.2) is 12.5 Å². The first-order chi connectivity index (χ1) is 6.50. The van der Waals surface area contributed by atoms with Gasteiger partial charge in [0.15, 0.2) is 5.65 Å². The molecule has 0 amide bonds. The van der Waals surface area contributed by atoms with E-state index in [9.17, 15) is 0 Å². The van der Waals surface area contributed by atoms with Gasteiger partial charge in [0, 0.05) is 0 Å². The summed E-state index contributed by atoms with van der Waals surface area (Å²) >= 11 is 0. The average molecular weight is 190 g/mol. The van der Waals surface area contributed by atoms with Crippen molar-refractivity contribution < 1.29 is 0 Å². The number of aryl methyl sites for hydroxylation is 1. The lowest BCUT2D eigenvalue weighted by atomic mass is 10.1. The Morgan fingerprint density at radius 1 is 1.21 bits per heavy atom. The third-order valence-corrected chi connectivity index (χ3v) is 2.20. The summed E-state index contributed by atoms with van der Waals surface area (Å²) in [6.45, 7) is 8.29. The molecule has 4 nitrogen and oxygen atoms in total. The zero-order valence-corrected chi connectivity index (χ0v) is 8.94. The monoisotopic (exact) mass is 190 g/mol. The second kappa shape index (κ2) is 2.77. The van der Waals surface area contributed by atoms with Gasteiger partial charge in [-0.1, -0.05) is 0 Å². The van der Waals surface area contributed by atoms with E-state index >= 15 is 0 Å². The Morgan fingerprint density at radius 3 is 2.57 bits per heavy atom. The Labute approximate surface area is 83.0 Å². The molecule has 0 bridgehead atoms. The first kappa shape index (κ1) is 9.12. The van der Waals surface area contributed by atoms with Crippen LogP contribution in [0.5, 0.6) is 0 Å². The third-order valence-electron chi connectivity index (χ3n) is 2.20. The number of fused-ring (bicyclic) bond motifs is 1. The van der Waals surface area contributed by atoms with Gasteiger partial charge in [0.25, 0.3) is 0 Å². The van der Waals surface area contributed by atoms with Gasteiger partial charge in [0.2, 0.25) is 0 Å². The van der Waals surface area contributed by atoms with E-state index in [4.69, 9.17) is 0 Å². The van der Waals surface area contributed by atoms with E-state index < -0.39 is 0 Å². The molecule has 0 aromatic carbocycles. The van der Waals surface area contributed by atoms with Gasteiger partial charge in [-0.25, -0.2) is 14.6 Å². The summed E-state index contributed by atoms with van der Waals surface area (Å²) in [5, 5.41) is 5.37. The van der Waals surface area contributed by atoms with E-state index in [2.05, 4.69) is 35.8 Å². The maximum absolute atomic E-state index is 4.34. The molecule has 0 fully saturated rings. The molecule has 2 heterocycles. The molecule has 14 heavy (non-hydrogen) atoms. The smallest absolute Gasteiger partial charge is 0.161 e. The van der Waals surface area contributed by atoms with Crippen LogP contribution in [0, 0.1) is 6.92 Å². The minimum atomic E-state index is -0.0391. The van der Waals surface area contributed by atoms with Crippen molar-refractivity contribution in [3.8, 4) is 0 Å². The van der Waals surface area contributed by atoms with Gasteiger partial charge in [-0.2, -0.15) is 5.10 Å². The van der Waals surface area contributed by atoms with Gasteiger partial charge in [0.05, 0.1) is 22.8 Å². The van der Waals surface area contributed by atoms with Crippen LogP contribution in [0.4, 0.5) is 0 Å². The van der Waals surface area contributed by atoms with Crippen molar-refractivity contribution >= 4 is 11.0 Å². The minimum Gasteiger partial charge on any atom is -0.242 e. The fourth-order valence-corrected chi connectivity index (χ4v) is 1.45. The molecule has 0 saturated carbocycles. The predicted octanol–water partition coefficient (Wildman–Crippen LogP) is 1.89. The summed E-state index contributed by atoms with van der Waals surface area (Å²) in [5.74, 6) is 0. The quantitative estimate of drug-likeness (QED) is 0.637. The van der Waals surface area contributed by atoms with Crippen LogP contribution in [0.25, 0.3) is 11.0 Å². The van der Waals surface area contributed by atoms with E-state index in [1.165, 1.54) is 0 Å². The third kappa shape index (κ3) is 1.27. The van der Waals surface area contributed by atoms with Crippen molar-refractivity contribution in [2.75, 3.05) is 0 Å². The van der Waals surface area contributed by atoms with Crippen LogP contribution in [-0.2, 0) is 5.54 Å². The van der Waals surface area contributed by atoms with E-state index in [0.717, 1.165) is 16.7 Å². The van der Waals surface area contributed by atoms with Gasteiger partial charge in [-0.15, -0.1) is 0 Å². The molecule has 2 aromatic heterocycles. The molecule has 0 aliphatic carbocycles. The van der Waals surface area contributed by atoms with Gasteiger partial charge >= 0.3 is 0 Å². The summed E-state index contributed by atoms with van der Waals surface area (Å²) < 4.78 is 1.93. The Hall–Kier alpha value is -1.45. The van der Waals surface area contributed by atoms with Crippen molar-refractivity contribution in [2.24, 2.45) is 0 Å². The molecule has 0 unspecified atom stereocenters. The van der Waals surface area contributed by atoms with Gasteiger partial charge < -0.3 is 0 Å². The minimum absolute atomic E-state index is 0.0391. The van der Waals surface area contributed by atoms with Crippen LogP contribution in [0.3, 0.4) is 0 Å². The van der Waals surface area contributed by atoms with Crippen LogP contribution < -0.4 is 0 Å². The normalized spacial score (nSPS) is 12.3. The number of hydrogen-bond donors (Lipinski definition) is 0. The van der Waals surface area contributed by atoms with Crippen LogP contribution in [-0.4, -0.2) is 19.7 Å². The molecule has 0 radical (unpaired) electrons. The molecule has 0 saturated heterocycles. The summed E-state index contributed by atoms with van der Waals surface area (Å²) in [7, 11) is 0. The van der Waals surface area contributed by atoms with Gasteiger partial charge in [0.1, 0.15) is 6.33 Å². The molecule has 0 spiro atoms. The summed E-state index contributed by atoms with van der Waals surface area (Å²) in [4.78, 5) is 8.40. The SMILES string of the molecule is Cc1ncnc2c1cnn2C(C)(C)C. The Balaban J connectivity index is 2.76. The molecular formula is C10H14N4. The van der Waals surface area contributed by atoms with Gasteiger partial charge in [-0.05, 0) is 27.7 Å². The highest BCUT2D eigenvalue weighted by molar-refractivity contribution is 5.76. The zero-order chi connectivity index (χ0) is 10.3. The molecule has 0 aliphatic heterocycles. The van der Waals surface area contributed by atoms with Crippen molar-refractivity contribution in [3.63, 3.8) is 0 Å². The highest BCUT2D eigenvalue weighted by Crippen LogP contribution is 2.20. The molecule has 2 aromatic rings. The topological polar surface area (TPSA) is 43.6 Å². The highest BCUT2D eigenvalue weighted by atomic mass is 15.3. The highest BCUT2D eigenvalue weighted by Gasteiger charge is 2.18. The molecule has 0 aliphatic rings. The fourth-order valence-electron chi connectivity index (χ4n) is 1.45. The largest absolute Gasteiger partial charge is 0.242 e. The van der Waals surface area contributed by atoms with Crippen molar-refractivity contribution in [2.45, 2.75) is 33.2 Å². The predicted molar refractivity (Wildman–Crippen MR) is 55.1 cm³/mol. The zero-order valence-electron chi connectivity index (χ0n) is 8.94. The number of aromatic nitrogens is 4. The summed E-state index contributed by atoms with van der Waals surface area (Å²) in [6, 6.07) is 0. The second-order valence-corrected chi connectivity index (χ2v) is 4.42. The second-order valence-electron chi connectivity index (χ2n) is 4.42. The first-order valence-corrected chi connectivity index (χ1v) is 4.66. The average Bonchev–Trinajstić information content (AvgIpc) is 2.47. The lowest BCUT2D eigenvalue weighted by Gasteiger charge is -2.19. The number of rotatable bonds is 0. The van der Waals surface area contributed by atoms with E-state index in [1.54, 1.807) is 6.33 Å². The van der Waals surface area contributed by atoms with Crippen molar-refractivity contribution in [1.82, 2.24) is 19.7 Å². The lowest BCUT2D eigenvalue weighted by Crippen LogP contribution is -2.23. The standard InChI is InChI=1S/C10H14N4/c1-7-8-5-13-14(10(2,3)4)9(8)12-6-11-7/h5-6H,1-4H3. The van der Waals surface area contributed by atoms with E-state index in [-0.39, 0.29) is 5.54 Å². The Morgan fingerprint density at radius 2 is 1.93 bits per heavy atom. The number of hydrogen-bond acceptors (Lipinski definition) is 3.